The summed E-state index contributed by atoms with van der Waals surface area (Å²) < 4.78 is 5.34. The number of carbonyl (C=O) groups excluding carboxylic acids is 1. The molecular formula is C16H16O2Si. The van der Waals surface area contributed by atoms with E-state index < -0.39 is 9.76 Å². The molecule has 0 amide bonds. The fourth-order valence-electron chi connectivity index (χ4n) is 1.98. The average molecular weight is 268 g/mol. The highest BCUT2D eigenvalue weighted by Gasteiger charge is 2.23. The Balaban J connectivity index is 2.34. The van der Waals surface area contributed by atoms with Crippen molar-refractivity contribution in [2.45, 2.75) is 5.92 Å². The Morgan fingerprint density at radius 1 is 1.00 bits per heavy atom. The van der Waals surface area contributed by atoms with Crippen LogP contribution in [0.4, 0.5) is 0 Å². The van der Waals surface area contributed by atoms with Crippen molar-refractivity contribution in [3.05, 3.63) is 84.1 Å². The van der Waals surface area contributed by atoms with E-state index >= 15 is 0 Å². The number of hydrogen-bond acceptors (Lipinski definition) is 2. The van der Waals surface area contributed by atoms with E-state index in [0.29, 0.717) is 0 Å². The molecule has 0 unspecified atom stereocenters. The van der Waals surface area contributed by atoms with Gasteiger partial charge in [-0.05, 0) is 11.1 Å². The lowest BCUT2D eigenvalue weighted by Crippen LogP contribution is -2.18. The van der Waals surface area contributed by atoms with E-state index in [-0.39, 0.29) is 11.9 Å². The molecule has 2 rings (SSSR count). The van der Waals surface area contributed by atoms with Crippen LogP contribution < -0.4 is 0 Å². The molecule has 0 saturated carbocycles. The van der Waals surface area contributed by atoms with E-state index in [1.54, 1.807) is 5.70 Å². The quantitative estimate of drug-likeness (QED) is 0.779. The maximum absolute atomic E-state index is 12.3. The molecule has 0 heterocycles. The maximum atomic E-state index is 12.3. The number of carbonyl (C=O) groups is 1. The third kappa shape index (κ3) is 3.42. The van der Waals surface area contributed by atoms with Gasteiger partial charge in [0.1, 0.15) is 5.92 Å². The van der Waals surface area contributed by atoms with Gasteiger partial charge in [0, 0.05) is 0 Å². The van der Waals surface area contributed by atoms with E-state index in [1.807, 2.05) is 60.7 Å². The predicted molar refractivity (Wildman–Crippen MR) is 79.6 cm³/mol. The summed E-state index contributed by atoms with van der Waals surface area (Å²) in [7, 11) is -0.964. The lowest BCUT2D eigenvalue weighted by atomic mass is 9.91. The lowest BCUT2D eigenvalue weighted by Gasteiger charge is -2.16. The largest absolute Gasteiger partial charge is 0.520 e. The monoisotopic (exact) mass is 268 g/mol. The van der Waals surface area contributed by atoms with Crippen LogP contribution in [0.2, 0.25) is 0 Å². The third-order valence-electron chi connectivity index (χ3n) is 2.84. The van der Waals surface area contributed by atoms with Crippen molar-refractivity contribution in [2.75, 3.05) is 0 Å². The van der Waals surface area contributed by atoms with Crippen LogP contribution in [0.25, 0.3) is 0 Å². The predicted octanol–water partition coefficient (Wildman–Crippen LogP) is 2.59. The van der Waals surface area contributed by atoms with Gasteiger partial charge < -0.3 is 4.43 Å². The van der Waals surface area contributed by atoms with Gasteiger partial charge in [0.15, 0.2) is 0 Å². The third-order valence-corrected chi connectivity index (χ3v) is 3.53. The standard InChI is InChI=1S/C16H16O2Si/c1-2-19-18-16(17)15(13-9-5-3-6-10-13)14-11-7-4-8-12-14/h2-12,15H,1,19H2. The zero-order valence-electron chi connectivity index (χ0n) is 10.7. The normalized spacial score (nSPS) is 10.8. The first-order valence-electron chi connectivity index (χ1n) is 6.20. The molecule has 2 aromatic carbocycles. The molecule has 0 aliphatic heterocycles. The van der Waals surface area contributed by atoms with Crippen LogP contribution in [0.5, 0.6) is 0 Å². The van der Waals surface area contributed by atoms with Crippen molar-refractivity contribution < 1.29 is 9.22 Å². The molecule has 3 heteroatoms. The Bertz CT molecular complexity index is 498. The molecule has 0 bridgehead atoms. The molecule has 0 spiro atoms. The number of benzene rings is 2. The Labute approximate surface area is 115 Å². The smallest absolute Gasteiger partial charge is 0.304 e. The fraction of sp³-hybridized carbons (Fsp3) is 0.0625. The molecule has 19 heavy (non-hydrogen) atoms. The summed E-state index contributed by atoms with van der Waals surface area (Å²) in [6, 6.07) is 19.4. The first-order chi connectivity index (χ1) is 9.33. The van der Waals surface area contributed by atoms with Crippen LogP contribution in [0.15, 0.2) is 72.9 Å². The van der Waals surface area contributed by atoms with Gasteiger partial charge in [-0.25, -0.2) is 0 Å². The summed E-state index contributed by atoms with van der Waals surface area (Å²) in [5.41, 5.74) is 3.62. The van der Waals surface area contributed by atoms with E-state index in [2.05, 4.69) is 6.58 Å². The molecule has 0 radical (unpaired) electrons. The van der Waals surface area contributed by atoms with Gasteiger partial charge >= 0.3 is 5.97 Å². The topological polar surface area (TPSA) is 26.3 Å². The summed E-state index contributed by atoms with van der Waals surface area (Å²) in [4.78, 5) is 12.3. The van der Waals surface area contributed by atoms with Crippen LogP contribution in [-0.2, 0) is 9.22 Å². The van der Waals surface area contributed by atoms with Gasteiger partial charge in [-0.15, -0.1) is 6.58 Å². The molecular weight excluding hydrogens is 252 g/mol. The SMILES string of the molecule is C=C[SiH2]OC(=O)C(c1ccccc1)c1ccccc1. The van der Waals surface area contributed by atoms with E-state index in [0.717, 1.165) is 11.1 Å². The molecule has 0 fully saturated rings. The number of rotatable bonds is 5. The van der Waals surface area contributed by atoms with Gasteiger partial charge in [0.2, 0.25) is 9.76 Å². The van der Waals surface area contributed by atoms with Crippen molar-refractivity contribution in [1.82, 2.24) is 0 Å². The van der Waals surface area contributed by atoms with Crippen molar-refractivity contribution in [2.24, 2.45) is 0 Å². The van der Waals surface area contributed by atoms with Crippen LogP contribution in [0.1, 0.15) is 17.0 Å². The maximum Gasteiger partial charge on any atom is 0.304 e. The highest BCUT2D eigenvalue weighted by atomic mass is 28.2. The highest BCUT2D eigenvalue weighted by Crippen LogP contribution is 2.25. The zero-order valence-corrected chi connectivity index (χ0v) is 12.1. The molecule has 0 aliphatic rings. The van der Waals surface area contributed by atoms with Crippen LogP contribution in [0.3, 0.4) is 0 Å². The minimum atomic E-state index is -0.964. The first kappa shape index (κ1) is 13.3. The summed E-state index contributed by atoms with van der Waals surface area (Å²) >= 11 is 0. The number of hydrogen-bond donors (Lipinski definition) is 0. The van der Waals surface area contributed by atoms with Gasteiger partial charge in [-0.3, -0.25) is 4.79 Å². The van der Waals surface area contributed by atoms with Crippen molar-refractivity contribution >= 4 is 15.7 Å². The van der Waals surface area contributed by atoms with Crippen LogP contribution >= 0.6 is 0 Å². The second-order valence-corrected chi connectivity index (χ2v) is 5.37. The van der Waals surface area contributed by atoms with Crippen LogP contribution in [-0.4, -0.2) is 15.7 Å². The Morgan fingerprint density at radius 2 is 1.47 bits per heavy atom. The molecule has 0 saturated heterocycles. The second-order valence-electron chi connectivity index (χ2n) is 4.17. The molecule has 0 aliphatic carbocycles. The van der Waals surface area contributed by atoms with Gasteiger partial charge in [-0.2, -0.15) is 0 Å². The minimum absolute atomic E-state index is 0.191. The van der Waals surface area contributed by atoms with Gasteiger partial charge in [0.05, 0.1) is 0 Å². The molecule has 0 aromatic heterocycles. The Morgan fingerprint density at radius 3 is 1.89 bits per heavy atom. The van der Waals surface area contributed by atoms with Crippen LogP contribution in [0, 0.1) is 0 Å². The van der Waals surface area contributed by atoms with E-state index in [1.165, 1.54) is 0 Å². The molecule has 2 nitrogen and oxygen atoms in total. The van der Waals surface area contributed by atoms with Crippen molar-refractivity contribution in [3.8, 4) is 0 Å². The highest BCUT2D eigenvalue weighted by molar-refractivity contribution is 6.37. The molecule has 0 N–H and O–H groups in total. The van der Waals surface area contributed by atoms with Crippen molar-refractivity contribution in [3.63, 3.8) is 0 Å². The summed E-state index contributed by atoms with van der Waals surface area (Å²) in [5, 5.41) is 0. The molecule has 0 atom stereocenters. The average Bonchev–Trinajstić information content (AvgIpc) is 2.47. The fourth-order valence-corrected chi connectivity index (χ4v) is 2.43. The molecule has 2 aromatic rings. The summed E-state index contributed by atoms with van der Waals surface area (Å²) in [5.74, 6) is -0.543. The summed E-state index contributed by atoms with van der Waals surface area (Å²) in [6.07, 6.45) is 0. The van der Waals surface area contributed by atoms with Gasteiger partial charge in [-0.1, -0.05) is 66.4 Å². The summed E-state index contributed by atoms with van der Waals surface area (Å²) in [6.45, 7) is 3.62. The Kier molecular flexibility index (Phi) is 4.70. The zero-order chi connectivity index (χ0) is 13.5. The second kappa shape index (κ2) is 6.71. The van der Waals surface area contributed by atoms with Crippen molar-refractivity contribution in [1.29, 1.82) is 0 Å². The van der Waals surface area contributed by atoms with E-state index in [4.69, 9.17) is 4.43 Å². The van der Waals surface area contributed by atoms with E-state index in [9.17, 15) is 4.79 Å². The lowest BCUT2D eigenvalue weighted by molar-refractivity contribution is -0.135. The minimum Gasteiger partial charge on any atom is -0.520 e. The Hall–Kier alpha value is -2.13. The molecule has 96 valence electrons. The van der Waals surface area contributed by atoms with Gasteiger partial charge in [0.25, 0.3) is 0 Å². The first-order valence-corrected chi connectivity index (χ1v) is 7.59.